The Morgan fingerprint density at radius 3 is 2.00 bits per heavy atom. The molecule has 4 N–H and O–H groups in total. The van der Waals surface area contributed by atoms with Crippen molar-refractivity contribution in [3.05, 3.63) is 24.3 Å². The third-order valence-corrected chi connectivity index (χ3v) is 6.68. The average molecular weight is 517 g/mol. The minimum absolute atomic E-state index is 0.144. The van der Waals surface area contributed by atoms with Gasteiger partial charge >= 0.3 is 18.1 Å². The number of hydrogen-bond donors (Lipinski definition) is 3. The SMILES string of the molecule is CC(=O)N1CCCC1C(=O)O.CC1CCCN1C1CCN(c2ccc(N)cc2)C1.O=C(O)C(F)(F)F. The largest absolute Gasteiger partial charge is 0.490 e. The van der Waals surface area contributed by atoms with Crippen molar-refractivity contribution in [2.75, 3.05) is 36.8 Å². The second-order valence-electron chi connectivity index (χ2n) is 9.22. The molecule has 36 heavy (non-hydrogen) atoms. The number of carboxylic acid groups (broad SMARTS) is 2. The Balaban J connectivity index is 0.000000217. The Kier molecular flexibility index (Phi) is 10.4. The maximum absolute atomic E-state index is 10.8. The van der Waals surface area contributed by atoms with Crippen molar-refractivity contribution in [1.29, 1.82) is 0 Å². The highest BCUT2D eigenvalue weighted by molar-refractivity contribution is 5.82. The predicted molar refractivity (Wildman–Crippen MR) is 129 cm³/mol. The third-order valence-electron chi connectivity index (χ3n) is 6.68. The number of carbonyl (C=O) groups is 3. The maximum Gasteiger partial charge on any atom is 0.490 e. The molecule has 0 radical (unpaired) electrons. The highest BCUT2D eigenvalue weighted by Gasteiger charge is 2.38. The molecule has 12 heteroatoms. The maximum atomic E-state index is 10.8. The van der Waals surface area contributed by atoms with Crippen LogP contribution in [0.1, 0.15) is 46.0 Å². The van der Waals surface area contributed by atoms with Crippen LogP contribution in [0, 0.1) is 0 Å². The Hall–Kier alpha value is -3.02. The first-order valence-electron chi connectivity index (χ1n) is 12.0. The smallest absolute Gasteiger partial charge is 0.480 e. The van der Waals surface area contributed by atoms with Gasteiger partial charge in [-0.05, 0) is 69.8 Å². The van der Waals surface area contributed by atoms with E-state index in [2.05, 4.69) is 28.9 Å². The number of halogens is 3. The minimum Gasteiger partial charge on any atom is -0.480 e. The zero-order chi connectivity index (χ0) is 27.0. The van der Waals surface area contributed by atoms with Crippen LogP contribution >= 0.6 is 0 Å². The number of nitrogen functional groups attached to an aromatic ring is 1. The molecular formula is C24H35F3N4O5. The van der Waals surface area contributed by atoms with Crippen LogP contribution in [0.25, 0.3) is 0 Å². The van der Waals surface area contributed by atoms with E-state index in [1.54, 1.807) is 0 Å². The molecule has 3 atom stereocenters. The molecule has 0 saturated carbocycles. The van der Waals surface area contributed by atoms with Crippen molar-refractivity contribution in [3.8, 4) is 0 Å². The molecule has 1 amide bonds. The Bertz CT molecular complexity index is 877. The molecular weight excluding hydrogens is 481 g/mol. The van der Waals surface area contributed by atoms with Crippen molar-refractivity contribution in [2.45, 2.75) is 70.3 Å². The zero-order valence-corrected chi connectivity index (χ0v) is 20.6. The molecule has 3 saturated heterocycles. The van der Waals surface area contributed by atoms with Crippen molar-refractivity contribution >= 4 is 29.2 Å². The number of nitrogens with two attached hydrogens (primary N) is 1. The van der Waals surface area contributed by atoms with Gasteiger partial charge in [-0.3, -0.25) is 9.69 Å². The molecule has 3 heterocycles. The fraction of sp³-hybridized carbons (Fsp3) is 0.625. The summed E-state index contributed by atoms with van der Waals surface area (Å²) in [6.45, 7) is 8.01. The van der Waals surface area contributed by atoms with Gasteiger partial charge in [0.15, 0.2) is 0 Å². The van der Waals surface area contributed by atoms with E-state index >= 15 is 0 Å². The monoisotopic (exact) mass is 516 g/mol. The topological polar surface area (TPSA) is 127 Å². The number of rotatable bonds is 3. The zero-order valence-electron chi connectivity index (χ0n) is 20.6. The van der Waals surface area contributed by atoms with Gasteiger partial charge in [0.2, 0.25) is 5.91 Å². The Labute approximate surface area is 208 Å². The van der Waals surface area contributed by atoms with E-state index in [4.69, 9.17) is 20.7 Å². The van der Waals surface area contributed by atoms with Crippen molar-refractivity contribution in [3.63, 3.8) is 0 Å². The van der Waals surface area contributed by atoms with E-state index in [1.165, 1.54) is 56.4 Å². The van der Waals surface area contributed by atoms with E-state index in [0.29, 0.717) is 13.0 Å². The molecule has 0 spiro atoms. The van der Waals surface area contributed by atoms with Crippen LogP contribution in [-0.4, -0.2) is 88.3 Å². The van der Waals surface area contributed by atoms with Crippen LogP contribution < -0.4 is 10.6 Å². The van der Waals surface area contributed by atoms with Gasteiger partial charge in [0.25, 0.3) is 0 Å². The number of hydrogen-bond acceptors (Lipinski definition) is 6. The highest BCUT2D eigenvalue weighted by Crippen LogP contribution is 2.28. The number of likely N-dealkylation sites (tertiary alicyclic amines) is 2. The lowest BCUT2D eigenvalue weighted by Gasteiger charge is -2.28. The summed E-state index contributed by atoms with van der Waals surface area (Å²) < 4.78 is 31.7. The number of benzene rings is 1. The van der Waals surface area contributed by atoms with Crippen LogP contribution in [0.5, 0.6) is 0 Å². The molecule has 202 valence electrons. The van der Waals surface area contributed by atoms with Crippen LogP contribution in [0.3, 0.4) is 0 Å². The van der Waals surface area contributed by atoms with Gasteiger partial charge in [-0.2, -0.15) is 13.2 Å². The third kappa shape index (κ3) is 8.28. The summed E-state index contributed by atoms with van der Waals surface area (Å²) >= 11 is 0. The number of amides is 1. The molecule has 1 aromatic carbocycles. The summed E-state index contributed by atoms with van der Waals surface area (Å²) in [6, 6.07) is 9.24. The van der Waals surface area contributed by atoms with Crippen LogP contribution in [0.15, 0.2) is 24.3 Å². The van der Waals surface area contributed by atoms with Crippen molar-refractivity contribution in [2.24, 2.45) is 0 Å². The molecule has 0 aromatic heterocycles. The van der Waals surface area contributed by atoms with Gasteiger partial charge < -0.3 is 25.7 Å². The number of aliphatic carboxylic acids is 2. The molecule has 4 rings (SSSR count). The normalized spacial score (nSPS) is 24.0. The second kappa shape index (κ2) is 12.8. The number of anilines is 2. The fourth-order valence-electron chi connectivity index (χ4n) is 4.83. The molecule has 3 fully saturated rings. The van der Waals surface area contributed by atoms with E-state index in [0.717, 1.165) is 24.2 Å². The number of carbonyl (C=O) groups excluding carboxylic acids is 1. The molecule has 0 bridgehead atoms. The molecule has 1 aromatic rings. The van der Waals surface area contributed by atoms with Crippen LogP contribution in [-0.2, 0) is 14.4 Å². The summed E-state index contributed by atoms with van der Waals surface area (Å²) in [6.07, 6.45) is 0.359. The quantitative estimate of drug-likeness (QED) is 0.523. The van der Waals surface area contributed by atoms with Crippen molar-refractivity contribution < 1.29 is 37.8 Å². The Morgan fingerprint density at radius 1 is 0.972 bits per heavy atom. The number of alkyl halides is 3. The van der Waals surface area contributed by atoms with Crippen LogP contribution in [0.4, 0.5) is 24.5 Å². The lowest BCUT2D eigenvalue weighted by atomic mass is 10.2. The first-order valence-corrected chi connectivity index (χ1v) is 12.0. The van der Waals surface area contributed by atoms with Gasteiger partial charge in [0.1, 0.15) is 6.04 Å². The summed E-state index contributed by atoms with van der Waals surface area (Å²) in [7, 11) is 0. The van der Waals surface area contributed by atoms with Crippen molar-refractivity contribution in [1.82, 2.24) is 9.80 Å². The van der Waals surface area contributed by atoms with Gasteiger partial charge in [-0.1, -0.05) is 0 Å². The van der Waals surface area contributed by atoms with E-state index < -0.39 is 24.2 Å². The Morgan fingerprint density at radius 2 is 1.56 bits per heavy atom. The average Bonchev–Trinajstić information content (AvgIpc) is 3.55. The number of nitrogens with zero attached hydrogens (tertiary/aromatic N) is 3. The molecule has 3 aliphatic rings. The molecule has 0 aliphatic carbocycles. The van der Waals surface area contributed by atoms with Gasteiger partial charge in [-0.25, -0.2) is 9.59 Å². The van der Waals surface area contributed by atoms with E-state index in [1.807, 2.05) is 12.1 Å². The summed E-state index contributed by atoms with van der Waals surface area (Å²) in [5, 5.41) is 15.8. The van der Waals surface area contributed by atoms with Gasteiger partial charge in [0.05, 0.1) is 0 Å². The summed E-state index contributed by atoms with van der Waals surface area (Å²) in [4.78, 5) is 36.8. The summed E-state index contributed by atoms with van der Waals surface area (Å²) in [5.41, 5.74) is 7.91. The predicted octanol–water partition coefficient (Wildman–Crippen LogP) is 3.05. The van der Waals surface area contributed by atoms with E-state index in [-0.39, 0.29) is 5.91 Å². The standard InChI is InChI=1S/C15H23N3.C7H11NO3.C2HF3O2/c1-12-3-2-9-18(12)15-8-10-17(11-15)14-6-4-13(16)5-7-14;1-5(9)8-4-2-3-6(8)7(10)11;3-2(4,5)1(6)7/h4-7,12,15H,2-3,8-11,16H2,1H3;6H,2-4H2,1H3,(H,10,11);(H,6,7). The first kappa shape index (κ1) is 29.2. The number of carboxylic acids is 2. The van der Waals surface area contributed by atoms with Crippen LogP contribution in [0.2, 0.25) is 0 Å². The summed E-state index contributed by atoms with van der Waals surface area (Å²) in [5.74, 6) is -3.79. The highest BCUT2D eigenvalue weighted by atomic mass is 19.4. The molecule has 3 aliphatic heterocycles. The lowest BCUT2D eigenvalue weighted by Crippen LogP contribution is -2.39. The lowest BCUT2D eigenvalue weighted by molar-refractivity contribution is -0.192. The molecule has 9 nitrogen and oxygen atoms in total. The van der Waals surface area contributed by atoms with Gasteiger partial charge in [-0.15, -0.1) is 0 Å². The minimum atomic E-state index is -5.08. The van der Waals surface area contributed by atoms with Gasteiger partial charge in [0, 0.05) is 50.0 Å². The first-order chi connectivity index (χ1) is 16.8. The fourth-order valence-corrected chi connectivity index (χ4v) is 4.83. The molecule has 3 unspecified atom stereocenters. The second-order valence-corrected chi connectivity index (χ2v) is 9.22. The van der Waals surface area contributed by atoms with E-state index in [9.17, 15) is 22.8 Å².